The van der Waals surface area contributed by atoms with Crippen LogP contribution in [-0.2, 0) is 22.2 Å². The molecule has 8 heteroatoms. The first kappa shape index (κ1) is 18.5. The van der Waals surface area contributed by atoms with Crippen molar-refractivity contribution in [3.8, 4) is 6.07 Å². The van der Waals surface area contributed by atoms with Gasteiger partial charge in [0.15, 0.2) is 0 Å². The SMILES string of the molecule is C[C@H](C#N)C[C@@H](NC(=O)Cc1ccc(C(F)(F)F)cc1)C(=O)O. The third-order valence-electron chi connectivity index (χ3n) is 3.09. The second-order valence-corrected chi connectivity index (χ2v) is 5.10. The molecule has 0 aliphatic rings. The molecule has 0 aromatic heterocycles. The van der Waals surface area contributed by atoms with Crippen LogP contribution in [0.1, 0.15) is 24.5 Å². The molecule has 23 heavy (non-hydrogen) atoms. The highest BCUT2D eigenvalue weighted by Gasteiger charge is 2.30. The maximum absolute atomic E-state index is 12.4. The number of carbonyl (C=O) groups excluding carboxylic acids is 1. The lowest BCUT2D eigenvalue weighted by Crippen LogP contribution is -2.42. The zero-order valence-electron chi connectivity index (χ0n) is 12.2. The van der Waals surface area contributed by atoms with Gasteiger partial charge in [0.05, 0.1) is 18.1 Å². The van der Waals surface area contributed by atoms with Gasteiger partial charge in [0.25, 0.3) is 0 Å². The first-order chi connectivity index (χ1) is 10.6. The maximum Gasteiger partial charge on any atom is 0.416 e. The third-order valence-corrected chi connectivity index (χ3v) is 3.09. The number of aliphatic carboxylic acids is 1. The first-order valence-electron chi connectivity index (χ1n) is 6.71. The van der Waals surface area contributed by atoms with Gasteiger partial charge in [0.2, 0.25) is 5.91 Å². The summed E-state index contributed by atoms with van der Waals surface area (Å²) in [5.74, 6) is -2.46. The van der Waals surface area contributed by atoms with E-state index in [1.165, 1.54) is 6.92 Å². The summed E-state index contributed by atoms with van der Waals surface area (Å²) in [6.45, 7) is 1.53. The minimum Gasteiger partial charge on any atom is -0.480 e. The Balaban J connectivity index is 2.68. The van der Waals surface area contributed by atoms with E-state index >= 15 is 0 Å². The smallest absolute Gasteiger partial charge is 0.416 e. The molecule has 0 saturated carbocycles. The molecule has 0 aliphatic carbocycles. The molecular weight excluding hydrogens is 313 g/mol. The quantitative estimate of drug-likeness (QED) is 0.839. The minimum atomic E-state index is -4.46. The molecule has 0 bridgehead atoms. The number of rotatable bonds is 6. The van der Waals surface area contributed by atoms with Crippen molar-refractivity contribution >= 4 is 11.9 Å². The molecule has 1 rings (SSSR count). The predicted molar refractivity (Wildman–Crippen MR) is 74.1 cm³/mol. The van der Waals surface area contributed by atoms with Gasteiger partial charge < -0.3 is 10.4 Å². The van der Waals surface area contributed by atoms with E-state index < -0.39 is 35.6 Å². The number of hydrogen-bond donors (Lipinski definition) is 2. The van der Waals surface area contributed by atoms with Gasteiger partial charge in [-0.05, 0) is 31.0 Å². The molecule has 1 aromatic rings. The molecule has 5 nitrogen and oxygen atoms in total. The predicted octanol–water partition coefficient (Wildman–Crippen LogP) is 2.37. The Morgan fingerprint density at radius 1 is 1.30 bits per heavy atom. The van der Waals surface area contributed by atoms with Gasteiger partial charge in [-0.15, -0.1) is 0 Å². The Labute approximate surface area is 130 Å². The molecule has 2 atom stereocenters. The largest absolute Gasteiger partial charge is 0.480 e. The molecule has 0 fully saturated rings. The molecule has 0 saturated heterocycles. The zero-order valence-corrected chi connectivity index (χ0v) is 12.2. The Kier molecular flexibility index (Phi) is 6.13. The van der Waals surface area contributed by atoms with Gasteiger partial charge in [-0.25, -0.2) is 4.79 Å². The number of halogens is 3. The average molecular weight is 328 g/mol. The number of carboxylic acid groups (broad SMARTS) is 1. The molecule has 0 unspecified atom stereocenters. The van der Waals surface area contributed by atoms with Gasteiger partial charge in [-0.1, -0.05) is 12.1 Å². The lowest BCUT2D eigenvalue weighted by molar-refractivity contribution is -0.142. The molecular formula is C15H15F3N2O3. The molecule has 0 heterocycles. The monoisotopic (exact) mass is 328 g/mol. The number of benzene rings is 1. The average Bonchev–Trinajstić information content (AvgIpc) is 2.45. The topological polar surface area (TPSA) is 90.2 Å². The van der Waals surface area contributed by atoms with Crippen LogP contribution in [0.4, 0.5) is 13.2 Å². The number of nitriles is 1. The van der Waals surface area contributed by atoms with Crippen molar-refractivity contribution < 1.29 is 27.9 Å². The van der Waals surface area contributed by atoms with Crippen LogP contribution in [0.2, 0.25) is 0 Å². The van der Waals surface area contributed by atoms with Crippen LogP contribution in [0.25, 0.3) is 0 Å². The molecule has 1 amide bonds. The summed E-state index contributed by atoms with van der Waals surface area (Å²) in [6.07, 6.45) is -4.75. The van der Waals surface area contributed by atoms with Gasteiger partial charge in [-0.3, -0.25) is 4.79 Å². The highest BCUT2D eigenvalue weighted by Crippen LogP contribution is 2.29. The molecule has 0 spiro atoms. The second-order valence-electron chi connectivity index (χ2n) is 5.10. The number of nitrogens with zero attached hydrogens (tertiary/aromatic N) is 1. The van der Waals surface area contributed by atoms with Crippen molar-refractivity contribution in [2.75, 3.05) is 0 Å². The summed E-state index contributed by atoms with van der Waals surface area (Å²) in [5.41, 5.74) is -0.499. The van der Waals surface area contributed by atoms with Crippen molar-refractivity contribution in [1.29, 1.82) is 5.26 Å². The first-order valence-corrected chi connectivity index (χ1v) is 6.71. The van der Waals surface area contributed by atoms with Crippen molar-refractivity contribution in [3.63, 3.8) is 0 Å². The summed E-state index contributed by atoms with van der Waals surface area (Å²) in [5, 5.41) is 20.0. The van der Waals surface area contributed by atoms with Crippen LogP contribution < -0.4 is 5.32 Å². The van der Waals surface area contributed by atoms with Gasteiger partial charge in [-0.2, -0.15) is 18.4 Å². The van der Waals surface area contributed by atoms with E-state index in [9.17, 15) is 22.8 Å². The molecule has 124 valence electrons. The van der Waals surface area contributed by atoms with E-state index in [-0.39, 0.29) is 12.8 Å². The maximum atomic E-state index is 12.4. The Bertz CT molecular complexity index is 606. The summed E-state index contributed by atoms with van der Waals surface area (Å²) in [6, 6.07) is 4.69. The molecule has 0 radical (unpaired) electrons. The summed E-state index contributed by atoms with van der Waals surface area (Å²) >= 11 is 0. The number of hydrogen-bond acceptors (Lipinski definition) is 3. The Morgan fingerprint density at radius 2 is 1.87 bits per heavy atom. The van der Waals surface area contributed by atoms with E-state index in [4.69, 9.17) is 10.4 Å². The number of carboxylic acids is 1. The zero-order chi connectivity index (χ0) is 17.6. The second kappa shape index (κ2) is 7.63. The number of nitrogens with one attached hydrogen (secondary N) is 1. The minimum absolute atomic E-state index is 0.0510. The van der Waals surface area contributed by atoms with Crippen LogP contribution in [0.15, 0.2) is 24.3 Å². The summed E-state index contributed by atoms with van der Waals surface area (Å²) in [4.78, 5) is 22.8. The fraction of sp³-hybridized carbons (Fsp3) is 0.400. The lowest BCUT2D eigenvalue weighted by atomic mass is 10.0. The highest BCUT2D eigenvalue weighted by molar-refractivity contribution is 5.84. The van der Waals surface area contributed by atoms with E-state index in [0.717, 1.165) is 24.3 Å². The number of amides is 1. The fourth-order valence-corrected chi connectivity index (χ4v) is 1.87. The normalized spacial score (nSPS) is 13.7. The van der Waals surface area contributed by atoms with E-state index in [1.807, 2.05) is 6.07 Å². The van der Waals surface area contributed by atoms with Crippen molar-refractivity contribution in [1.82, 2.24) is 5.32 Å². The van der Waals surface area contributed by atoms with Crippen LogP contribution in [0.5, 0.6) is 0 Å². The van der Waals surface area contributed by atoms with Crippen molar-refractivity contribution in [2.24, 2.45) is 5.92 Å². The van der Waals surface area contributed by atoms with Gasteiger partial charge in [0, 0.05) is 5.92 Å². The van der Waals surface area contributed by atoms with Gasteiger partial charge >= 0.3 is 12.1 Å². The van der Waals surface area contributed by atoms with Crippen molar-refractivity contribution in [3.05, 3.63) is 35.4 Å². The van der Waals surface area contributed by atoms with E-state index in [0.29, 0.717) is 5.56 Å². The van der Waals surface area contributed by atoms with Gasteiger partial charge in [0.1, 0.15) is 6.04 Å². The number of carbonyl (C=O) groups is 2. The molecule has 0 aliphatic heterocycles. The van der Waals surface area contributed by atoms with E-state index in [1.54, 1.807) is 0 Å². The fourth-order valence-electron chi connectivity index (χ4n) is 1.87. The van der Waals surface area contributed by atoms with Crippen LogP contribution in [0.3, 0.4) is 0 Å². The molecule has 2 N–H and O–H groups in total. The Hall–Kier alpha value is -2.56. The Morgan fingerprint density at radius 3 is 2.30 bits per heavy atom. The van der Waals surface area contributed by atoms with E-state index in [2.05, 4.69) is 5.32 Å². The third kappa shape index (κ3) is 5.98. The highest BCUT2D eigenvalue weighted by atomic mass is 19.4. The van der Waals surface area contributed by atoms with Crippen LogP contribution in [0, 0.1) is 17.2 Å². The van der Waals surface area contributed by atoms with Crippen LogP contribution >= 0.6 is 0 Å². The summed E-state index contributed by atoms with van der Waals surface area (Å²) in [7, 11) is 0. The van der Waals surface area contributed by atoms with Crippen molar-refractivity contribution in [2.45, 2.75) is 32.0 Å². The molecule has 1 aromatic carbocycles. The summed E-state index contributed by atoms with van der Waals surface area (Å²) < 4.78 is 37.3. The lowest BCUT2D eigenvalue weighted by Gasteiger charge is -2.15. The standard InChI is InChI=1S/C15H15F3N2O3/c1-9(8-19)6-12(14(22)23)20-13(21)7-10-2-4-11(5-3-10)15(16,17)18/h2-5,9,12H,6-7H2,1H3,(H,20,21)(H,22,23)/t9-,12+/m0/s1. The number of alkyl halides is 3. The van der Waals surface area contributed by atoms with Crippen LogP contribution in [-0.4, -0.2) is 23.0 Å².